The number of hydrogen-bond acceptors (Lipinski definition) is 3. The number of nitrogens with one attached hydrogen (secondary N) is 1. The average molecular weight is 291 g/mol. The Hall–Kier alpha value is -0.490. The van der Waals surface area contributed by atoms with Crippen LogP contribution in [0.2, 0.25) is 0 Å². The van der Waals surface area contributed by atoms with Gasteiger partial charge in [-0.1, -0.05) is 12.1 Å². The first-order valence-electron chi connectivity index (χ1n) is 5.08. The summed E-state index contributed by atoms with van der Waals surface area (Å²) in [5.74, 6) is 5.09. The van der Waals surface area contributed by atoms with Gasteiger partial charge in [-0.15, -0.1) is 0 Å². The molecule has 1 rings (SSSR count). The van der Waals surface area contributed by atoms with Gasteiger partial charge in [-0.3, -0.25) is 11.3 Å². The minimum Gasteiger partial charge on any atom is -0.377 e. The van der Waals surface area contributed by atoms with Crippen LogP contribution in [-0.4, -0.2) is 12.7 Å². The summed E-state index contributed by atoms with van der Waals surface area (Å²) in [4.78, 5) is 0. The summed E-state index contributed by atoms with van der Waals surface area (Å²) in [6.07, 6.45) is 0.0889. The number of hydrazine groups is 1. The Morgan fingerprint density at radius 1 is 1.50 bits per heavy atom. The second-order valence-electron chi connectivity index (χ2n) is 3.74. The molecule has 16 heavy (non-hydrogen) atoms. The molecular formula is C11H16BrFN2O. The van der Waals surface area contributed by atoms with Crippen LogP contribution in [0, 0.1) is 5.82 Å². The van der Waals surface area contributed by atoms with Gasteiger partial charge >= 0.3 is 0 Å². The Bertz CT molecular complexity index is 347. The highest BCUT2D eigenvalue weighted by Crippen LogP contribution is 2.23. The molecule has 0 spiro atoms. The number of nitrogens with two attached hydrogens (primary N) is 1. The van der Waals surface area contributed by atoms with E-state index in [2.05, 4.69) is 21.4 Å². The van der Waals surface area contributed by atoms with Crippen molar-refractivity contribution in [3.8, 4) is 0 Å². The quantitative estimate of drug-likeness (QED) is 0.647. The van der Waals surface area contributed by atoms with Crippen LogP contribution in [0.4, 0.5) is 4.39 Å². The molecule has 0 aliphatic rings. The molecule has 0 radical (unpaired) electrons. The van der Waals surface area contributed by atoms with Gasteiger partial charge in [-0.25, -0.2) is 4.39 Å². The molecule has 0 aliphatic carbocycles. The van der Waals surface area contributed by atoms with E-state index in [4.69, 9.17) is 10.6 Å². The number of halogens is 2. The lowest BCUT2D eigenvalue weighted by atomic mass is 10.1. The standard InChI is InChI=1S/C11H16BrFN2O/c1-7(2)16-6-10(15-14)8-4-3-5-9(12)11(8)13/h3-5,7,10,15H,6,14H2,1-2H3. The second-order valence-corrected chi connectivity index (χ2v) is 4.60. The molecule has 0 amide bonds. The van der Waals surface area contributed by atoms with Crippen LogP contribution in [0.1, 0.15) is 25.5 Å². The fourth-order valence-corrected chi connectivity index (χ4v) is 1.69. The normalized spacial score (nSPS) is 13.1. The van der Waals surface area contributed by atoms with E-state index in [0.29, 0.717) is 16.6 Å². The maximum atomic E-state index is 13.8. The van der Waals surface area contributed by atoms with Crippen LogP contribution in [-0.2, 0) is 4.74 Å². The van der Waals surface area contributed by atoms with Gasteiger partial charge in [-0.2, -0.15) is 0 Å². The van der Waals surface area contributed by atoms with Crippen LogP contribution < -0.4 is 11.3 Å². The zero-order chi connectivity index (χ0) is 12.1. The van der Waals surface area contributed by atoms with Gasteiger partial charge in [0.25, 0.3) is 0 Å². The van der Waals surface area contributed by atoms with E-state index in [0.717, 1.165) is 0 Å². The molecule has 0 saturated carbocycles. The fourth-order valence-electron chi connectivity index (χ4n) is 1.31. The van der Waals surface area contributed by atoms with Crippen molar-refractivity contribution >= 4 is 15.9 Å². The highest BCUT2D eigenvalue weighted by atomic mass is 79.9. The van der Waals surface area contributed by atoms with Gasteiger partial charge < -0.3 is 4.74 Å². The van der Waals surface area contributed by atoms with Gasteiger partial charge in [0.15, 0.2) is 0 Å². The third kappa shape index (κ3) is 3.52. The second kappa shape index (κ2) is 6.30. The van der Waals surface area contributed by atoms with E-state index in [1.54, 1.807) is 18.2 Å². The van der Waals surface area contributed by atoms with Gasteiger partial charge in [0.2, 0.25) is 0 Å². The van der Waals surface area contributed by atoms with E-state index in [-0.39, 0.29) is 18.0 Å². The Labute approximate surface area is 103 Å². The molecule has 0 aliphatic heterocycles. The van der Waals surface area contributed by atoms with Crippen LogP contribution in [0.25, 0.3) is 0 Å². The highest BCUT2D eigenvalue weighted by Gasteiger charge is 2.16. The molecule has 1 unspecified atom stereocenters. The Balaban J connectivity index is 2.82. The predicted molar refractivity (Wildman–Crippen MR) is 65.3 cm³/mol. The van der Waals surface area contributed by atoms with Crippen molar-refractivity contribution in [2.75, 3.05) is 6.61 Å². The third-order valence-corrected chi connectivity index (χ3v) is 2.77. The summed E-state index contributed by atoms with van der Waals surface area (Å²) in [5, 5.41) is 0. The molecule has 5 heteroatoms. The Kier molecular flexibility index (Phi) is 5.34. The molecule has 0 bridgehead atoms. The number of ether oxygens (including phenoxy) is 1. The van der Waals surface area contributed by atoms with Crippen molar-refractivity contribution in [1.82, 2.24) is 5.43 Å². The molecule has 90 valence electrons. The lowest BCUT2D eigenvalue weighted by molar-refractivity contribution is 0.0604. The van der Waals surface area contributed by atoms with E-state index in [9.17, 15) is 4.39 Å². The summed E-state index contributed by atoms with van der Waals surface area (Å²) in [7, 11) is 0. The molecule has 1 atom stereocenters. The fraction of sp³-hybridized carbons (Fsp3) is 0.455. The van der Waals surface area contributed by atoms with E-state index in [1.165, 1.54) is 0 Å². The summed E-state index contributed by atoms with van der Waals surface area (Å²) in [6, 6.07) is 4.76. The number of hydrogen-bond donors (Lipinski definition) is 2. The van der Waals surface area contributed by atoms with Gasteiger partial charge in [0.05, 0.1) is 23.2 Å². The molecule has 1 aromatic rings. The average Bonchev–Trinajstić information content (AvgIpc) is 2.24. The first kappa shape index (κ1) is 13.6. The number of rotatable bonds is 5. The first-order valence-corrected chi connectivity index (χ1v) is 5.87. The maximum absolute atomic E-state index is 13.8. The zero-order valence-electron chi connectivity index (χ0n) is 9.34. The van der Waals surface area contributed by atoms with Crippen LogP contribution in [0.5, 0.6) is 0 Å². The van der Waals surface area contributed by atoms with E-state index < -0.39 is 0 Å². The molecule has 1 aromatic carbocycles. The molecule has 3 N–H and O–H groups in total. The minimum absolute atomic E-state index is 0.0889. The molecular weight excluding hydrogens is 275 g/mol. The van der Waals surface area contributed by atoms with Gasteiger partial charge in [0, 0.05) is 5.56 Å². The Morgan fingerprint density at radius 3 is 2.75 bits per heavy atom. The third-order valence-electron chi connectivity index (χ3n) is 2.15. The predicted octanol–water partition coefficient (Wildman–Crippen LogP) is 2.52. The smallest absolute Gasteiger partial charge is 0.142 e. The van der Waals surface area contributed by atoms with Gasteiger partial charge in [0.1, 0.15) is 5.82 Å². The van der Waals surface area contributed by atoms with Crippen molar-refractivity contribution in [2.24, 2.45) is 5.84 Å². The van der Waals surface area contributed by atoms with Crippen molar-refractivity contribution in [3.05, 3.63) is 34.1 Å². The number of benzene rings is 1. The molecule has 3 nitrogen and oxygen atoms in total. The van der Waals surface area contributed by atoms with E-state index >= 15 is 0 Å². The maximum Gasteiger partial charge on any atom is 0.142 e. The molecule has 0 fully saturated rings. The lowest BCUT2D eigenvalue weighted by Gasteiger charge is -2.19. The molecule has 0 saturated heterocycles. The zero-order valence-corrected chi connectivity index (χ0v) is 10.9. The Morgan fingerprint density at radius 2 is 2.19 bits per heavy atom. The van der Waals surface area contributed by atoms with Crippen molar-refractivity contribution in [3.63, 3.8) is 0 Å². The monoisotopic (exact) mass is 290 g/mol. The SMILES string of the molecule is CC(C)OCC(NN)c1cccc(Br)c1F. The van der Waals surface area contributed by atoms with Crippen molar-refractivity contribution in [1.29, 1.82) is 0 Å². The van der Waals surface area contributed by atoms with Gasteiger partial charge in [-0.05, 0) is 35.8 Å². The largest absolute Gasteiger partial charge is 0.377 e. The van der Waals surface area contributed by atoms with Crippen molar-refractivity contribution in [2.45, 2.75) is 26.0 Å². The lowest BCUT2D eigenvalue weighted by Crippen LogP contribution is -2.32. The molecule has 0 aromatic heterocycles. The topological polar surface area (TPSA) is 47.3 Å². The van der Waals surface area contributed by atoms with Crippen molar-refractivity contribution < 1.29 is 9.13 Å². The first-order chi connectivity index (χ1) is 7.56. The summed E-state index contributed by atoms with van der Waals surface area (Å²) in [6.45, 7) is 4.18. The van der Waals surface area contributed by atoms with E-state index in [1.807, 2.05) is 13.8 Å². The highest BCUT2D eigenvalue weighted by molar-refractivity contribution is 9.10. The summed E-state index contributed by atoms with van der Waals surface area (Å²) < 4.78 is 19.6. The summed E-state index contributed by atoms with van der Waals surface area (Å²) in [5.41, 5.74) is 3.05. The van der Waals surface area contributed by atoms with Crippen LogP contribution >= 0.6 is 15.9 Å². The van der Waals surface area contributed by atoms with Crippen LogP contribution in [0.15, 0.2) is 22.7 Å². The summed E-state index contributed by atoms with van der Waals surface area (Å²) >= 11 is 3.14. The minimum atomic E-state index is -0.347. The van der Waals surface area contributed by atoms with Crippen LogP contribution in [0.3, 0.4) is 0 Å². The molecule has 0 heterocycles.